The Balaban J connectivity index is 1.38. The molecule has 0 fully saturated rings. The van der Waals surface area contributed by atoms with Gasteiger partial charge >= 0.3 is 0 Å². The topological polar surface area (TPSA) is 60.0 Å². The average Bonchev–Trinajstić information content (AvgIpc) is 3.10. The van der Waals surface area contributed by atoms with E-state index < -0.39 is 0 Å². The predicted octanol–water partition coefficient (Wildman–Crippen LogP) is 3.37. The van der Waals surface area contributed by atoms with E-state index in [1.807, 2.05) is 62.2 Å². The zero-order chi connectivity index (χ0) is 19.2. The first-order valence-electron chi connectivity index (χ1n) is 9.10. The number of hydrogen-bond acceptors (Lipinski definition) is 5. The molecule has 1 aliphatic heterocycles. The van der Waals surface area contributed by atoms with Gasteiger partial charge in [0.2, 0.25) is 12.7 Å². The number of para-hydroxylation sites is 1. The molecule has 144 valence electrons. The van der Waals surface area contributed by atoms with Gasteiger partial charge in [0.05, 0.1) is 13.2 Å². The van der Waals surface area contributed by atoms with Crippen molar-refractivity contribution >= 4 is 11.6 Å². The molecule has 6 heteroatoms. The summed E-state index contributed by atoms with van der Waals surface area (Å²) >= 11 is 0. The molecule has 3 rings (SSSR count). The van der Waals surface area contributed by atoms with Gasteiger partial charge in [0.1, 0.15) is 5.75 Å². The third-order valence-corrected chi connectivity index (χ3v) is 4.46. The van der Waals surface area contributed by atoms with Crippen molar-refractivity contribution in [2.45, 2.75) is 20.3 Å². The van der Waals surface area contributed by atoms with E-state index in [9.17, 15) is 4.79 Å². The second-order valence-corrected chi connectivity index (χ2v) is 6.77. The number of carbonyl (C=O) groups is 1. The van der Waals surface area contributed by atoms with Crippen LogP contribution < -0.4 is 19.5 Å². The number of carbonyl (C=O) groups excluding carboxylic acids is 1. The lowest BCUT2D eigenvalue weighted by Gasteiger charge is -2.18. The van der Waals surface area contributed by atoms with Crippen LogP contribution in [-0.2, 0) is 4.79 Å². The van der Waals surface area contributed by atoms with Crippen molar-refractivity contribution in [2.75, 3.05) is 38.9 Å². The van der Waals surface area contributed by atoms with Crippen LogP contribution in [0.5, 0.6) is 17.2 Å². The number of likely N-dealkylation sites (N-methyl/N-ethyl adjacent to an activating group) is 1. The molecule has 0 aromatic heterocycles. The molecule has 1 N–H and O–H groups in total. The Morgan fingerprint density at radius 1 is 1.15 bits per heavy atom. The van der Waals surface area contributed by atoms with Crippen molar-refractivity contribution in [3.8, 4) is 17.2 Å². The summed E-state index contributed by atoms with van der Waals surface area (Å²) in [6.45, 7) is 5.94. The summed E-state index contributed by atoms with van der Waals surface area (Å²) in [7, 11) is 1.94. The molecule has 1 amide bonds. The van der Waals surface area contributed by atoms with Gasteiger partial charge in [-0.2, -0.15) is 0 Å². The lowest BCUT2D eigenvalue weighted by atomic mass is 10.1. The number of rotatable bonds is 8. The summed E-state index contributed by atoms with van der Waals surface area (Å²) in [5.41, 5.74) is 3.05. The van der Waals surface area contributed by atoms with Gasteiger partial charge in [-0.3, -0.25) is 9.69 Å². The normalized spacial score (nSPS) is 12.3. The zero-order valence-corrected chi connectivity index (χ0v) is 16.1. The minimum absolute atomic E-state index is 0.00779. The Bertz CT molecular complexity index is 787. The van der Waals surface area contributed by atoms with Crippen LogP contribution >= 0.6 is 0 Å². The van der Waals surface area contributed by atoms with Gasteiger partial charge in [-0.1, -0.05) is 18.2 Å². The number of anilines is 1. The molecule has 6 nitrogen and oxygen atoms in total. The molecule has 2 aromatic rings. The van der Waals surface area contributed by atoms with Crippen molar-refractivity contribution in [3.05, 3.63) is 47.5 Å². The summed E-state index contributed by atoms with van der Waals surface area (Å²) in [5.74, 6) is 2.21. The smallest absolute Gasteiger partial charge is 0.238 e. The number of nitrogens with one attached hydrogen (secondary N) is 1. The van der Waals surface area contributed by atoms with Crippen LogP contribution in [0.2, 0.25) is 0 Å². The van der Waals surface area contributed by atoms with E-state index >= 15 is 0 Å². The number of aryl methyl sites for hydroxylation is 2. The summed E-state index contributed by atoms with van der Waals surface area (Å²) in [6.07, 6.45) is 0.821. The van der Waals surface area contributed by atoms with E-state index in [2.05, 4.69) is 5.32 Å². The highest BCUT2D eigenvalue weighted by atomic mass is 16.7. The van der Waals surface area contributed by atoms with Crippen molar-refractivity contribution < 1.29 is 19.0 Å². The van der Waals surface area contributed by atoms with Crippen LogP contribution in [0.4, 0.5) is 5.69 Å². The fourth-order valence-corrected chi connectivity index (χ4v) is 3.01. The molecule has 0 atom stereocenters. The average molecular weight is 370 g/mol. The van der Waals surface area contributed by atoms with E-state index in [1.165, 1.54) is 0 Å². The molecule has 0 bridgehead atoms. The second kappa shape index (κ2) is 8.77. The maximum absolute atomic E-state index is 12.3. The number of fused-ring (bicyclic) bond motifs is 1. The first-order valence-corrected chi connectivity index (χ1v) is 9.10. The largest absolute Gasteiger partial charge is 0.493 e. The standard InChI is InChI=1S/C21H26N2O4/c1-15-6-4-7-16(2)21(15)22-20(24)13-23(3)10-5-11-25-17-8-9-18-19(12-17)27-14-26-18/h4,6-9,12H,5,10-11,13-14H2,1-3H3,(H,22,24). The number of hydrogen-bond donors (Lipinski definition) is 1. The van der Waals surface area contributed by atoms with E-state index in [0.29, 0.717) is 18.9 Å². The van der Waals surface area contributed by atoms with Gasteiger partial charge in [-0.05, 0) is 50.6 Å². The Kier molecular flexibility index (Phi) is 6.19. The molecule has 0 spiro atoms. The monoisotopic (exact) mass is 370 g/mol. The highest BCUT2D eigenvalue weighted by molar-refractivity contribution is 5.93. The molecule has 27 heavy (non-hydrogen) atoms. The fraction of sp³-hybridized carbons (Fsp3) is 0.381. The first-order chi connectivity index (χ1) is 13.0. The minimum Gasteiger partial charge on any atom is -0.493 e. The summed E-state index contributed by atoms with van der Waals surface area (Å²) < 4.78 is 16.4. The Hall–Kier alpha value is -2.73. The molecule has 2 aromatic carbocycles. The second-order valence-electron chi connectivity index (χ2n) is 6.77. The molecule has 0 unspecified atom stereocenters. The summed E-state index contributed by atoms with van der Waals surface area (Å²) in [6, 6.07) is 11.5. The molecule has 0 saturated carbocycles. The van der Waals surface area contributed by atoms with E-state index in [1.54, 1.807) is 0 Å². The van der Waals surface area contributed by atoms with E-state index in [0.717, 1.165) is 41.3 Å². The lowest BCUT2D eigenvalue weighted by molar-refractivity contribution is -0.117. The highest BCUT2D eigenvalue weighted by Crippen LogP contribution is 2.35. The van der Waals surface area contributed by atoms with Gasteiger partial charge in [-0.15, -0.1) is 0 Å². The van der Waals surface area contributed by atoms with E-state index in [4.69, 9.17) is 14.2 Å². The van der Waals surface area contributed by atoms with Gasteiger partial charge in [-0.25, -0.2) is 0 Å². The van der Waals surface area contributed by atoms with Crippen molar-refractivity contribution in [2.24, 2.45) is 0 Å². The molecular formula is C21H26N2O4. The number of benzene rings is 2. The molecule has 1 heterocycles. The number of ether oxygens (including phenoxy) is 3. The van der Waals surface area contributed by atoms with Crippen molar-refractivity contribution in [1.82, 2.24) is 4.90 Å². The Morgan fingerprint density at radius 3 is 2.67 bits per heavy atom. The quantitative estimate of drug-likeness (QED) is 0.722. The van der Waals surface area contributed by atoms with Crippen LogP contribution in [0, 0.1) is 13.8 Å². The summed E-state index contributed by atoms with van der Waals surface area (Å²) in [4.78, 5) is 14.3. The Labute approximate surface area is 160 Å². The van der Waals surface area contributed by atoms with Crippen molar-refractivity contribution in [3.63, 3.8) is 0 Å². The van der Waals surface area contributed by atoms with Gasteiger partial charge in [0.15, 0.2) is 11.5 Å². The third kappa shape index (κ3) is 5.14. The fourth-order valence-electron chi connectivity index (χ4n) is 3.01. The zero-order valence-electron chi connectivity index (χ0n) is 16.1. The molecule has 0 radical (unpaired) electrons. The minimum atomic E-state index is -0.00779. The molecule has 1 aliphatic rings. The number of nitrogens with zero attached hydrogens (tertiary/aromatic N) is 1. The predicted molar refractivity (Wildman–Crippen MR) is 105 cm³/mol. The van der Waals surface area contributed by atoms with Crippen LogP contribution in [0.15, 0.2) is 36.4 Å². The SMILES string of the molecule is Cc1cccc(C)c1NC(=O)CN(C)CCCOc1ccc2c(c1)OCO2. The first kappa shape index (κ1) is 19.0. The molecule has 0 saturated heterocycles. The molecular weight excluding hydrogens is 344 g/mol. The van der Waals surface area contributed by atoms with Crippen LogP contribution in [0.1, 0.15) is 17.5 Å². The van der Waals surface area contributed by atoms with Crippen LogP contribution in [0.25, 0.3) is 0 Å². The van der Waals surface area contributed by atoms with Gasteiger partial charge in [0.25, 0.3) is 0 Å². The number of amides is 1. The van der Waals surface area contributed by atoms with Crippen LogP contribution in [-0.4, -0.2) is 44.3 Å². The Morgan fingerprint density at radius 2 is 1.89 bits per heavy atom. The maximum Gasteiger partial charge on any atom is 0.238 e. The summed E-state index contributed by atoms with van der Waals surface area (Å²) in [5, 5.41) is 3.01. The third-order valence-electron chi connectivity index (χ3n) is 4.46. The van der Waals surface area contributed by atoms with E-state index in [-0.39, 0.29) is 12.7 Å². The van der Waals surface area contributed by atoms with Crippen LogP contribution in [0.3, 0.4) is 0 Å². The van der Waals surface area contributed by atoms with Gasteiger partial charge < -0.3 is 19.5 Å². The molecule has 0 aliphatic carbocycles. The lowest BCUT2D eigenvalue weighted by Crippen LogP contribution is -2.31. The maximum atomic E-state index is 12.3. The van der Waals surface area contributed by atoms with Crippen molar-refractivity contribution in [1.29, 1.82) is 0 Å². The highest BCUT2D eigenvalue weighted by Gasteiger charge is 2.14. The van der Waals surface area contributed by atoms with Gasteiger partial charge in [0, 0.05) is 18.3 Å².